The number of alkyl halides is 3. The molecule has 0 radical (unpaired) electrons. The van der Waals surface area contributed by atoms with Crippen molar-refractivity contribution in [1.82, 2.24) is 0 Å². The molecule has 0 bridgehead atoms. The third-order valence-electron chi connectivity index (χ3n) is 3.54. The van der Waals surface area contributed by atoms with E-state index in [0.29, 0.717) is 35.8 Å². The molecule has 2 rings (SSSR count). The van der Waals surface area contributed by atoms with E-state index in [9.17, 15) is 13.2 Å². The Morgan fingerprint density at radius 2 is 1.74 bits per heavy atom. The number of nitrogens with zero attached hydrogens (tertiary/aromatic N) is 2. The maximum atomic E-state index is 12.8. The van der Waals surface area contributed by atoms with E-state index in [-0.39, 0.29) is 5.75 Å². The zero-order valence-electron chi connectivity index (χ0n) is 14.8. The van der Waals surface area contributed by atoms with Gasteiger partial charge in [0.1, 0.15) is 29.5 Å². The molecule has 0 heterocycles. The average molecular weight is 380 g/mol. The highest BCUT2D eigenvalue weighted by molar-refractivity contribution is 6.48. The van der Waals surface area contributed by atoms with Gasteiger partial charge in [-0.3, -0.25) is 0 Å². The van der Waals surface area contributed by atoms with Crippen LogP contribution >= 0.6 is 0 Å². The fraction of sp³-hybridized carbons (Fsp3) is 0.263. The first-order chi connectivity index (χ1) is 12.9. The molecule has 8 heteroatoms. The van der Waals surface area contributed by atoms with E-state index in [1.165, 1.54) is 12.1 Å². The van der Waals surface area contributed by atoms with Crippen molar-refractivity contribution in [3.8, 4) is 11.5 Å². The first-order valence-electron chi connectivity index (χ1n) is 8.25. The van der Waals surface area contributed by atoms with E-state index in [2.05, 4.69) is 10.3 Å². The third kappa shape index (κ3) is 5.47. The molecule has 1 N–H and O–H groups in total. The summed E-state index contributed by atoms with van der Waals surface area (Å²) >= 11 is 0. The molecule has 0 aliphatic carbocycles. The zero-order valence-corrected chi connectivity index (χ0v) is 14.8. The van der Waals surface area contributed by atoms with Gasteiger partial charge in [0, 0.05) is 5.56 Å². The molecule has 0 saturated carbocycles. The highest BCUT2D eigenvalue weighted by Gasteiger charge is 2.30. The number of hydrogen-bond donors (Lipinski definition) is 1. The van der Waals surface area contributed by atoms with Crippen LogP contribution in [0.2, 0.25) is 0 Å². The Labute approximate surface area is 154 Å². The fourth-order valence-corrected chi connectivity index (χ4v) is 2.24. The van der Waals surface area contributed by atoms with E-state index < -0.39 is 11.7 Å². The van der Waals surface area contributed by atoms with Crippen molar-refractivity contribution in [2.24, 2.45) is 10.3 Å². The second-order valence-corrected chi connectivity index (χ2v) is 5.41. The summed E-state index contributed by atoms with van der Waals surface area (Å²) in [5.74, 6) is 0.430. The van der Waals surface area contributed by atoms with Crippen molar-refractivity contribution >= 4 is 11.4 Å². The van der Waals surface area contributed by atoms with Crippen LogP contribution in [0, 0.1) is 0 Å². The van der Waals surface area contributed by atoms with Crippen LogP contribution in [0.1, 0.15) is 31.4 Å². The van der Waals surface area contributed by atoms with Crippen LogP contribution < -0.4 is 4.74 Å². The lowest BCUT2D eigenvalue weighted by molar-refractivity contribution is -0.137. The van der Waals surface area contributed by atoms with E-state index in [1.54, 1.807) is 31.2 Å². The first-order valence-corrected chi connectivity index (χ1v) is 8.25. The number of oxime groups is 2. The van der Waals surface area contributed by atoms with Crippen LogP contribution in [0.4, 0.5) is 13.2 Å². The van der Waals surface area contributed by atoms with Crippen molar-refractivity contribution in [3.63, 3.8) is 0 Å². The molecule has 2 aromatic carbocycles. The van der Waals surface area contributed by atoms with Gasteiger partial charge in [-0.2, -0.15) is 13.2 Å². The SMILES string of the molecule is CCO/N=C(\C(CC)=N\O)c1ccc(Oc2cccc(C(F)(F)F)c2)cc1. The molecule has 27 heavy (non-hydrogen) atoms. The highest BCUT2D eigenvalue weighted by atomic mass is 19.4. The molecule has 5 nitrogen and oxygen atoms in total. The minimum Gasteiger partial charge on any atom is -0.457 e. The van der Waals surface area contributed by atoms with Gasteiger partial charge >= 0.3 is 6.18 Å². The van der Waals surface area contributed by atoms with Crippen LogP contribution in [0.25, 0.3) is 0 Å². The van der Waals surface area contributed by atoms with Gasteiger partial charge in [-0.15, -0.1) is 0 Å². The standard InChI is InChI=1S/C19H19F3N2O3/c1-3-17(23-25)18(24-26-4-2)13-8-10-15(11-9-13)27-16-7-5-6-14(12-16)19(20,21)22/h5-12,25H,3-4H2,1-2H3/b23-17+,24-18-. The normalized spacial score (nSPS) is 12.8. The second kappa shape index (κ2) is 9.07. The number of ether oxygens (including phenoxy) is 1. The van der Waals surface area contributed by atoms with E-state index in [0.717, 1.165) is 12.1 Å². The summed E-state index contributed by atoms with van der Waals surface area (Å²) in [6.45, 7) is 3.93. The van der Waals surface area contributed by atoms with Gasteiger partial charge in [0.15, 0.2) is 0 Å². The molecule has 2 aromatic rings. The van der Waals surface area contributed by atoms with Gasteiger partial charge < -0.3 is 14.8 Å². The summed E-state index contributed by atoms with van der Waals surface area (Å²) in [4.78, 5) is 5.06. The Morgan fingerprint density at radius 3 is 2.30 bits per heavy atom. The summed E-state index contributed by atoms with van der Waals surface area (Å²) in [6.07, 6.45) is -4.00. The number of hydrogen-bond acceptors (Lipinski definition) is 5. The fourth-order valence-electron chi connectivity index (χ4n) is 2.24. The summed E-state index contributed by atoms with van der Waals surface area (Å²) in [5, 5.41) is 16.3. The monoisotopic (exact) mass is 380 g/mol. The minimum absolute atomic E-state index is 0.0759. The Kier molecular flexibility index (Phi) is 6.81. The van der Waals surface area contributed by atoms with Crippen LogP contribution in [0.15, 0.2) is 58.8 Å². The van der Waals surface area contributed by atoms with Crippen molar-refractivity contribution in [2.45, 2.75) is 26.4 Å². The Balaban J connectivity index is 2.24. The third-order valence-corrected chi connectivity index (χ3v) is 3.54. The van der Waals surface area contributed by atoms with Gasteiger partial charge in [-0.1, -0.05) is 23.3 Å². The lowest BCUT2D eigenvalue weighted by atomic mass is 10.0. The largest absolute Gasteiger partial charge is 0.457 e. The second-order valence-electron chi connectivity index (χ2n) is 5.41. The van der Waals surface area contributed by atoms with Crippen LogP contribution in [0.5, 0.6) is 11.5 Å². The summed E-state index contributed by atoms with van der Waals surface area (Å²) in [6, 6.07) is 11.1. The molecule has 0 unspecified atom stereocenters. The van der Waals surface area contributed by atoms with Crippen molar-refractivity contribution in [1.29, 1.82) is 0 Å². The van der Waals surface area contributed by atoms with Crippen molar-refractivity contribution < 1.29 is 28.0 Å². The van der Waals surface area contributed by atoms with Crippen LogP contribution in [-0.2, 0) is 11.0 Å². The number of halogens is 3. The summed E-state index contributed by atoms with van der Waals surface area (Å²) < 4.78 is 43.8. The topological polar surface area (TPSA) is 63.4 Å². The molecule has 0 spiro atoms. The highest BCUT2D eigenvalue weighted by Crippen LogP contribution is 2.32. The van der Waals surface area contributed by atoms with Gasteiger partial charge in [-0.05, 0) is 55.8 Å². The van der Waals surface area contributed by atoms with Gasteiger partial charge in [0.25, 0.3) is 0 Å². The van der Waals surface area contributed by atoms with Gasteiger partial charge in [-0.25, -0.2) is 0 Å². The predicted octanol–water partition coefficient (Wildman–Crippen LogP) is 5.48. The van der Waals surface area contributed by atoms with Crippen molar-refractivity contribution in [2.75, 3.05) is 6.61 Å². The molecule has 0 aliphatic heterocycles. The molecule has 0 fully saturated rings. The molecule has 0 atom stereocenters. The summed E-state index contributed by atoms with van der Waals surface area (Å²) in [7, 11) is 0. The first kappa shape index (κ1) is 20.3. The minimum atomic E-state index is -4.44. The van der Waals surface area contributed by atoms with Crippen molar-refractivity contribution in [3.05, 3.63) is 59.7 Å². The molecule has 0 aliphatic rings. The number of rotatable bonds is 7. The van der Waals surface area contributed by atoms with Gasteiger partial charge in [0.2, 0.25) is 0 Å². The maximum absolute atomic E-state index is 12.8. The predicted molar refractivity (Wildman–Crippen MR) is 95.6 cm³/mol. The molecular weight excluding hydrogens is 361 g/mol. The Bertz CT molecular complexity index is 816. The Morgan fingerprint density at radius 1 is 1.04 bits per heavy atom. The molecule has 0 amide bonds. The average Bonchev–Trinajstić information content (AvgIpc) is 2.65. The molecule has 0 aromatic heterocycles. The van der Waals surface area contributed by atoms with Crippen LogP contribution in [0.3, 0.4) is 0 Å². The Hall–Kier alpha value is -3.03. The smallest absolute Gasteiger partial charge is 0.416 e. The quantitative estimate of drug-likeness (QED) is 0.393. The molecule has 0 saturated heterocycles. The maximum Gasteiger partial charge on any atom is 0.416 e. The number of benzene rings is 2. The van der Waals surface area contributed by atoms with E-state index >= 15 is 0 Å². The molecular formula is C19H19F3N2O3. The van der Waals surface area contributed by atoms with E-state index in [4.69, 9.17) is 14.8 Å². The van der Waals surface area contributed by atoms with E-state index in [1.807, 2.05) is 6.92 Å². The van der Waals surface area contributed by atoms with Crippen LogP contribution in [-0.4, -0.2) is 23.2 Å². The van der Waals surface area contributed by atoms with Gasteiger partial charge in [0.05, 0.1) is 5.56 Å². The zero-order chi connectivity index (χ0) is 19.9. The summed E-state index contributed by atoms with van der Waals surface area (Å²) in [5.41, 5.74) is 0.548. The lowest BCUT2D eigenvalue weighted by Crippen LogP contribution is -2.15. The molecule has 144 valence electrons. The lowest BCUT2D eigenvalue weighted by Gasteiger charge is -2.11.